The topological polar surface area (TPSA) is 55.5 Å². The average Bonchev–Trinajstić information content (AvgIpc) is 2.27. The first-order valence-corrected chi connectivity index (χ1v) is 4.50. The fourth-order valence-corrected chi connectivity index (χ4v) is 1.31. The van der Waals surface area contributed by atoms with E-state index in [0.29, 0.717) is 0 Å². The average molecular weight is 272 g/mol. The normalized spacial score (nSPS) is 12.8. The van der Waals surface area contributed by atoms with Crippen LogP contribution in [0.25, 0.3) is 0 Å². The monoisotopic (exact) mass is 271 g/mol. The third-order valence-electron chi connectivity index (χ3n) is 2.20. The fourth-order valence-electron chi connectivity index (χ4n) is 1.31. The number of rotatable bonds is 4. The molecule has 0 saturated heterocycles. The number of halogens is 4. The number of aliphatic hydroxyl groups excluding tert-OH is 1. The molecule has 0 aliphatic rings. The smallest absolute Gasteiger partial charge is 0.289 e. The molecule has 0 unspecified atom stereocenters. The van der Waals surface area contributed by atoms with Gasteiger partial charge in [0.2, 0.25) is 0 Å². The molecule has 0 aromatic heterocycles. The Bertz CT molecular complexity index is 377. The van der Waals surface area contributed by atoms with Crippen LogP contribution in [0, 0.1) is 5.82 Å². The summed E-state index contributed by atoms with van der Waals surface area (Å²) >= 11 is 0. The van der Waals surface area contributed by atoms with Crippen LogP contribution in [0.15, 0.2) is 18.2 Å². The minimum atomic E-state index is -3.53. The SMILES string of the molecule is COc1c(F)cccc1[C@@H](N)C(F)(F)CO.Cl. The number of alkyl halides is 2. The van der Waals surface area contributed by atoms with E-state index in [1.54, 1.807) is 0 Å². The van der Waals surface area contributed by atoms with Gasteiger partial charge in [0.15, 0.2) is 11.6 Å². The minimum absolute atomic E-state index is 0. The second kappa shape index (κ2) is 6.09. The van der Waals surface area contributed by atoms with Crippen molar-refractivity contribution >= 4 is 12.4 Å². The Morgan fingerprint density at radius 3 is 2.53 bits per heavy atom. The lowest BCUT2D eigenvalue weighted by molar-refractivity contribution is -0.0716. The first-order chi connectivity index (χ1) is 7.44. The van der Waals surface area contributed by atoms with Gasteiger partial charge in [0.1, 0.15) is 12.6 Å². The van der Waals surface area contributed by atoms with Crippen LogP contribution < -0.4 is 10.5 Å². The molecule has 0 aliphatic heterocycles. The van der Waals surface area contributed by atoms with E-state index >= 15 is 0 Å². The Kier molecular flexibility index (Phi) is 5.74. The molecule has 3 nitrogen and oxygen atoms in total. The van der Waals surface area contributed by atoms with Gasteiger partial charge in [0, 0.05) is 5.56 Å². The Balaban J connectivity index is 0.00000256. The van der Waals surface area contributed by atoms with Crippen molar-refractivity contribution in [2.24, 2.45) is 5.73 Å². The third-order valence-corrected chi connectivity index (χ3v) is 2.20. The van der Waals surface area contributed by atoms with Crippen molar-refractivity contribution in [2.75, 3.05) is 13.7 Å². The molecule has 0 amide bonds. The highest BCUT2D eigenvalue weighted by Crippen LogP contribution is 2.35. The lowest BCUT2D eigenvalue weighted by atomic mass is 10.0. The van der Waals surface area contributed by atoms with Gasteiger partial charge < -0.3 is 15.6 Å². The summed E-state index contributed by atoms with van der Waals surface area (Å²) in [7, 11) is 1.16. The van der Waals surface area contributed by atoms with Gasteiger partial charge >= 0.3 is 0 Å². The first kappa shape index (κ1) is 16.0. The van der Waals surface area contributed by atoms with Gasteiger partial charge in [-0.3, -0.25) is 0 Å². The molecule has 3 N–H and O–H groups in total. The summed E-state index contributed by atoms with van der Waals surface area (Å²) in [6.45, 7) is -1.41. The van der Waals surface area contributed by atoms with Gasteiger partial charge in [-0.1, -0.05) is 12.1 Å². The van der Waals surface area contributed by atoms with Gasteiger partial charge in [0.25, 0.3) is 5.92 Å². The van der Waals surface area contributed by atoms with Crippen molar-refractivity contribution in [3.63, 3.8) is 0 Å². The summed E-state index contributed by atoms with van der Waals surface area (Å²) in [5.41, 5.74) is 5.09. The van der Waals surface area contributed by atoms with Crippen LogP contribution in [0.1, 0.15) is 11.6 Å². The van der Waals surface area contributed by atoms with Crippen molar-refractivity contribution < 1.29 is 23.0 Å². The number of methoxy groups -OCH3 is 1. The molecule has 0 saturated carbocycles. The quantitative estimate of drug-likeness (QED) is 0.879. The van der Waals surface area contributed by atoms with E-state index in [9.17, 15) is 13.2 Å². The fraction of sp³-hybridized carbons (Fsp3) is 0.400. The highest BCUT2D eigenvalue weighted by atomic mass is 35.5. The number of hydrogen-bond donors (Lipinski definition) is 2. The molecule has 1 aromatic rings. The van der Waals surface area contributed by atoms with Crippen LogP contribution >= 0.6 is 12.4 Å². The van der Waals surface area contributed by atoms with Crippen molar-refractivity contribution in [1.29, 1.82) is 0 Å². The lowest BCUT2D eigenvalue weighted by Crippen LogP contribution is -2.36. The molecule has 0 spiro atoms. The summed E-state index contributed by atoms with van der Waals surface area (Å²) in [6.07, 6.45) is 0. The zero-order valence-electron chi connectivity index (χ0n) is 8.99. The minimum Gasteiger partial charge on any atom is -0.493 e. The largest absolute Gasteiger partial charge is 0.493 e. The number of hydrogen-bond acceptors (Lipinski definition) is 3. The van der Waals surface area contributed by atoms with Crippen LogP contribution in [0.3, 0.4) is 0 Å². The maximum absolute atomic E-state index is 13.2. The summed E-state index contributed by atoms with van der Waals surface area (Å²) in [5.74, 6) is -4.63. The van der Waals surface area contributed by atoms with Crippen LogP contribution in [0.5, 0.6) is 5.75 Å². The van der Waals surface area contributed by atoms with Crippen molar-refractivity contribution in [3.05, 3.63) is 29.6 Å². The Labute approximate surface area is 103 Å². The van der Waals surface area contributed by atoms with E-state index in [1.807, 2.05) is 0 Å². The standard InChI is InChI=1S/C10H12F3NO2.ClH/c1-16-8-6(3-2-4-7(8)11)9(14)10(12,13)5-15;/h2-4,9,15H,5,14H2,1H3;1H/t9-;/m1./s1. The molecule has 1 aromatic carbocycles. The second-order valence-corrected chi connectivity index (χ2v) is 3.26. The highest BCUT2D eigenvalue weighted by molar-refractivity contribution is 5.85. The zero-order valence-corrected chi connectivity index (χ0v) is 9.81. The van der Waals surface area contributed by atoms with E-state index < -0.39 is 24.4 Å². The van der Waals surface area contributed by atoms with Crippen molar-refractivity contribution in [3.8, 4) is 5.75 Å². The molecule has 0 fully saturated rings. The van der Waals surface area contributed by atoms with E-state index in [2.05, 4.69) is 4.74 Å². The van der Waals surface area contributed by atoms with Crippen LogP contribution in [0.2, 0.25) is 0 Å². The van der Waals surface area contributed by atoms with Gasteiger partial charge in [0.05, 0.1) is 7.11 Å². The molecule has 0 radical (unpaired) electrons. The summed E-state index contributed by atoms with van der Waals surface area (Å²) < 4.78 is 44.1. The lowest BCUT2D eigenvalue weighted by Gasteiger charge is -2.23. The maximum atomic E-state index is 13.2. The van der Waals surface area contributed by atoms with Crippen molar-refractivity contribution in [2.45, 2.75) is 12.0 Å². The summed E-state index contributed by atoms with van der Waals surface area (Å²) in [6, 6.07) is 1.74. The van der Waals surface area contributed by atoms with Crippen LogP contribution in [-0.2, 0) is 0 Å². The number of para-hydroxylation sites is 1. The summed E-state index contributed by atoms with van der Waals surface area (Å²) in [5, 5.41) is 8.49. The Hall–Kier alpha value is -0.980. The van der Waals surface area contributed by atoms with E-state index in [0.717, 1.165) is 13.2 Å². The zero-order chi connectivity index (χ0) is 12.3. The van der Waals surface area contributed by atoms with Gasteiger partial charge in [-0.25, -0.2) is 13.2 Å². The van der Waals surface area contributed by atoms with E-state index in [4.69, 9.17) is 10.8 Å². The molecular weight excluding hydrogens is 259 g/mol. The van der Waals surface area contributed by atoms with Crippen LogP contribution in [-0.4, -0.2) is 24.7 Å². The molecular formula is C10H13ClF3NO2. The number of aliphatic hydroxyl groups is 1. The van der Waals surface area contributed by atoms with Crippen LogP contribution in [0.4, 0.5) is 13.2 Å². The van der Waals surface area contributed by atoms with Gasteiger partial charge in [-0.2, -0.15) is 0 Å². The van der Waals surface area contributed by atoms with Crippen molar-refractivity contribution in [1.82, 2.24) is 0 Å². The Morgan fingerprint density at radius 1 is 1.47 bits per heavy atom. The molecule has 7 heteroatoms. The summed E-state index contributed by atoms with van der Waals surface area (Å²) in [4.78, 5) is 0. The first-order valence-electron chi connectivity index (χ1n) is 4.50. The molecule has 17 heavy (non-hydrogen) atoms. The number of benzene rings is 1. The number of ether oxygens (including phenoxy) is 1. The Morgan fingerprint density at radius 2 is 2.06 bits per heavy atom. The third kappa shape index (κ3) is 3.24. The molecule has 98 valence electrons. The predicted octanol–water partition coefficient (Wildman–Crippen LogP) is 1.88. The molecule has 0 bridgehead atoms. The van der Waals surface area contributed by atoms with E-state index in [-0.39, 0.29) is 23.7 Å². The van der Waals surface area contributed by atoms with E-state index in [1.165, 1.54) is 12.1 Å². The van der Waals surface area contributed by atoms with Gasteiger partial charge in [-0.15, -0.1) is 12.4 Å². The predicted molar refractivity (Wildman–Crippen MR) is 59.2 cm³/mol. The molecule has 1 atom stereocenters. The van der Waals surface area contributed by atoms with Gasteiger partial charge in [-0.05, 0) is 6.07 Å². The molecule has 0 aliphatic carbocycles. The second-order valence-electron chi connectivity index (χ2n) is 3.26. The molecule has 0 heterocycles. The highest BCUT2D eigenvalue weighted by Gasteiger charge is 2.39. The molecule has 1 rings (SSSR count). The maximum Gasteiger partial charge on any atom is 0.289 e. The number of nitrogens with two attached hydrogens (primary N) is 1.